The minimum absolute atomic E-state index is 0.179. The normalized spacial score (nSPS) is 37.8. The first-order chi connectivity index (χ1) is 13.0. The summed E-state index contributed by atoms with van der Waals surface area (Å²) in [6.45, 7) is 6.97. The molecule has 4 aliphatic carbocycles. The lowest BCUT2D eigenvalue weighted by molar-refractivity contribution is -0.129. The van der Waals surface area contributed by atoms with Crippen LogP contribution in [0.2, 0.25) is 0 Å². The van der Waals surface area contributed by atoms with E-state index in [1.807, 2.05) is 20.8 Å². The maximum Gasteiger partial charge on any atom is 0.410 e. The zero-order valence-corrected chi connectivity index (χ0v) is 19.1. The number of nitrogens with one attached hydrogen (secondary N) is 1. The van der Waals surface area contributed by atoms with Crippen molar-refractivity contribution in [1.29, 1.82) is 0 Å². The number of hydrogen-bond acceptors (Lipinski definition) is 3. The fourth-order valence-corrected chi connectivity index (χ4v) is 8.21. The van der Waals surface area contributed by atoms with Gasteiger partial charge in [-0.25, -0.2) is 4.79 Å². The summed E-state index contributed by atoms with van der Waals surface area (Å²) in [4.78, 5) is 26.8. The molecule has 5 rings (SSSR count). The van der Waals surface area contributed by atoms with Crippen molar-refractivity contribution >= 4 is 27.9 Å². The smallest absolute Gasteiger partial charge is 0.410 e. The van der Waals surface area contributed by atoms with E-state index in [4.69, 9.17) is 4.74 Å². The molecule has 1 N–H and O–H groups in total. The number of halogens is 1. The molecule has 2 unspecified atom stereocenters. The van der Waals surface area contributed by atoms with Gasteiger partial charge in [0.15, 0.2) is 0 Å². The molecule has 0 spiro atoms. The molecule has 0 aromatic rings. The first-order valence-corrected chi connectivity index (χ1v) is 11.8. The number of alkyl halides is 1. The SMILES string of the molecule is CC(C)(C)OC(=O)N1CCC(NC(=O)CC23CC4CC(CC(Br)(C4)C2)C3)CC1. The molecule has 5 nitrogen and oxygen atoms in total. The Morgan fingerprint density at radius 2 is 1.71 bits per heavy atom. The Morgan fingerprint density at radius 1 is 1.11 bits per heavy atom. The van der Waals surface area contributed by atoms with Crippen LogP contribution in [0.15, 0.2) is 0 Å². The van der Waals surface area contributed by atoms with E-state index in [-0.39, 0.29) is 23.5 Å². The molecular formula is C22H35BrN2O3. The van der Waals surface area contributed by atoms with Gasteiger partial charge < -0.3 is 15.0 Å². The highest BCUT2D eigenvalue weighted by atomic mass is 79.9. The number of carbonyl (C=O) groups excluding carboxylic acids is 2. The van der Waals surface area contributed by atoms with E-state index in [1.54, 1.807) is 4.90 Å². The number of nitrogens with zero attached hydrogens (tertiary/aromatic N) is 1. The van der Waals surface area contributed by atoms with Crippen LogP contribution in [0.3, 0.4) is 0 Å². The Balaban J connectivity index is 1.26. The fourth-order valence-electron chi connectivity index (χ4n) is 6.69. The summed E-state index contributed by atoms with van der Waals surface area (Å²) in [6, 6.07) is 0.179. The van der Waals surface area contributed by atoms with Gasteiger partial charge >= 0.3 is 6.09 Å². The molecule has 1 saturated heterocycles. The van der Waals surface area contributed by atoms with Gasteiger partial charge in [-0.05, 0) is 89.4 Å². The maximum atomic E-state index is 12.9. The first kappa shape index (κ1) is 20.5. The van der Waals surface area contributed by atoms with Crippen LogP contribution in [-0.4, -0.2) is 46.0 Å². The number of hydrogen-bond donors (Lipinski definition) is 1. The number of likely N-dealkylation sites (tertiary alicyclic amines) is 1. The Morgan fingerprint density at radius 3 is 2.25 bits per heavy atom. The molecule has 2 atom stereocenters. The molecule has 4 bridgehead atoms. The van der Waals surface area contributed by atoms with Crippen LogP contribution in [0.25, 0.3) is 0 Å². The van der Waals surface area contributed by atoms with E-state index in [2.05, 4.69) is 21.2 Å². The number of ether oxygens (including phenoxy) is 1. The van der Waals surface area contributed by atoms with E-state index < -0.39 is 5.60 Å². The Hall–Kier alpha value is -0.780. The Kier molecular flexibility index (Phi) is 5.25. The van der Waals surface area contributed by atoms with Crippen molar-refractivity contribution in [2.75, 3.05) is 13.1 Å². The highest BCUT2D eigenvalue weighted by Gasteiger charge is 2.57. The Labute approximate surface area is 177 Å². The van der Waals surface area contributed by atoms with Crippen LogP contribution in [0.1, 0.15) is 78.6 Å². The molecule has 4 saturated carbocycles. The molecule has 5 fully saturated rings. The van der Waals surface area contributed by atoms with Crippen molar-refractivity contribution in [1.82, 2.24) is 10.2 Å². The van der Waals surface area contributed by atoms with Crippen molar-refractivity contribution < 1.29 is 14.3 Å². The van der Waals surface area contributed by atoms with Crippen LogP contribution in [-0.2, 0) is 9.53 Å². The van der Waals surface area contributed by atoms with Gasteiger partial charge in [-0.3, -0.25) is 4.79 Å². The van der Waals surface area contributed by atoms with Crippen LogP contribution in [0, 0.1) is 17.3 Å². The quantitative estimate of drug-likeness (QED) is 0.632. The topological polar surface area (TPSA) is 58.6 Å². The number of carbonyl (C=O) groups is 2. The summed E-state index contributed by atoms with van der Waals surface area (Å²) in [6.07, 6.45) is 9.68. The molecule has 6 heteroatoms. The van der Waals surface area contributed by atoms with Gasteiger partial charge in [-0.1, -0.05) is 15.9 Å². The predicted molar refractivity (Wildman–Crippen MR) is 112 cm³/mol. The fraction of sp³-hybridized carbons (Fsp3) is 0.909. The summed E-state index contributed by atoms with van der Waals surface area (Å²) in [5, 5.41) is 3.28. The number of rotatable bonds is 3. The largest absolute Gasteiger partial charge is 0.444 e. The summed E-state index contributed by atoms with van der Waals surface area (Å²) >= 11 is 4.04. The Bertz CT molecular complexity index is 622. The van der Waals surface area contributed by atoms with Gasteiger partial charge in [0.1, 0.15) is 5.60 Å². The van der Waals surface area contributed by atoms with Gasteiger partial charge in [-0.15, -0.1) is 0 Å². The lowest BCUT2D eigenvalue weighted by Crippen LogP contribution is -2.54. The van der Waals surface area contributed by atoms with Crippen molar-refractivity contribution in [3.05, 3.63) is 0 Å². The summed E-state index contributed by atoms with van der Waals surface area (Å²) in [5.74, 6) is 1.84. The lowest BCUT2D eigenvalue weighted by Gasteiger charge is -2.60. The summed E-state index contributed by atoms with van der Waals surface area (Å²) in [5.41, 5.74) is -0.248. The van der Waals surface area contributed by atoms with Crippen molar-refractivity contribution in [3.63, 3.8) is 0 Å². The van der Waals surface area contributed by atoms with Crippen molar-refractivity contribution in [3.8, 4) is 0 Å². The third-order valence-corrected chi connectivity index (χ3v) is 8.09. The highest BCUT2D eigenvalue weighted by molar-refractivity contribution is 9.10. The van der Waals surface area contributed by atoms with Gasteiger partial charge in [0.25, 0.3) is 0 Å². The highest BCUT2D eigenvalue weighted by Crippen LogP contribution is 2.65. The molecule has 28 heavy (non-hydrogen) atoms. The standard InChI is InChI=1S/C22H35BrN2O3/c1-20(2,3)28-19(27)25-6-4-17(5-7-25)24-18(26)13-21-9-15-8-16(10-21)12-22(23,11-15)14-21/h15-17H,4-14H2,1-3H3,(H,24,26). The van der Waals surface area contributed by atoms with Crippen LogP contribution < -0.4 is 5.32 Å². The van der Waals surface area contributed by atoms with E-state index in [1.165, 1.54) is 32.1 Å². The first-order valence-electron chi connectivity index (χ1n) is 11.0. The summed E-state index contributed by atoms with van der Waals surface area (Å²) in [7, 11) is 0. The van der Waals surface area contributed by atoms with Crippen molar-refractivity contribution in [2.45, 2.75) is 94.5 Å². The average molecular weight is 455 g/mol. The van der Waals surface area contributed by atoms with Gasteiger partial charge in [0.2, 0.25) is 5.91 Å². The van der Waals surface area contributed by atoms with E-state index in [0.717, 1.165) is 31.1 Å². The minimum Gasteiger partial charge on any atom is -0.444 e. The minimum atomic E-state index is -0.465. The zero-order valence-electron chi connectivity index (χ0n) is 17.6. The van der Waals surface area contributed by atoms with E-state index >= 15 is 0 Å². The van der Waals surface area contributed by atoms with E-state index in [9.17, 15) is 9.59 Å². The summed E-state index contributed by atoms with van der Waals surface area (Å²) < 4.78 is 5.76. The second kappa shape index (κ2) is 7.17. The van der Waals surface area contributed by atoms with Crippen molar-refractivity contribution in [2.24, 2.45) is 17.3 Å². The molecule has 0 aromatic heterocycles. The second-order valence-corrected chi connectivity index (χ2v) is 12.8. The molecule has 5 aliphatic rings. The molecule has 0 radical (unpaired) electrons. The third kappa shape index (κ3) is 4.52. The molecule has 1 aliphatic heterocycles. The van der Waals surface area contributed by atoms with E-state index in [0.29, 0.717) is 23.8 Å². The van der Waals surface area contributed by atoms with Crippen LogP contribution in [0.4, 0.5) is 4.79 Å². The predicted octanol–water partition coefficient (Wildman–Crippen LogP) is 4.63. The van der Waals surface area contributed by atoms with Crippen LogP contribution in [0.5, 0.6) is 0 Å². The molecule has 158 valence electrons. The van der Waals surface area contributed by atoms with Gasteiger partial charge in [-0.2, -0.15) is 0 Å². The van der Waals surface area contributed by atoms with Crippen LogP contribution >= 0.6 is 15.9 Å². The third-order valence-electron chi connectivity index (χ3n) is 7.16. The van der Waals surface area contributed by atoms with Gasteiger partial charge in [0, 0.05) is 29.9 Å². The average Bonchev–Trinajstić information content (AvgIpc) is 2.50. The van der Waals surface area contributed by atoms with Gasteiger partial charge in [0.05, 0.1) is 0 Å². The number of piperidine rings is 1. The molecule has 2 amide bonds. The molecule has 1 heterocycles. The molecule has 0 aromatic carbocycles. The number of amides is 2. The molecular weight excluding hydrogens is 420 g/mol. The maximum absolute atomic E-state index is 12.9. The lowest BCUT2D eigenvalue weighted by atomic mass is 9.48. The zero-order chi connectivity index (χ0) is 20.2. The second-order valence-electron chi connectivity index (χ2n) is 11.1. The monoisotopic (exact) mass is 454 g/mol.